The van der Waals surface area contributed by atoms with Crippen molar-refractivity contribution in [3.8, 4) is 5.75 Å². The number of aromatic amines is 1. The molecular formula is C18H22N2O. The molecule has 3 heteroatoms. The fourth-order valence-corrected chi connectivity index (χ4v) is 5.32. The Labute approximate surface area is 125 Å². The van der Waals surface area contributed by atoms with Gasteiger partial charge >= 0.3 is 0 Å². The van der Waals surface area contributed by atoms with Gasteiger partial charge in [0.1, 0.15) is 5.75 Å². The van der Waals surface area contributed by atoms with Gasteiger partial charge in [0, 0.05) is 41.6 Å². The summed E-state index contributed by atoms with van der Waals surface area (Å²) >= 11 is 0. The number of ether oxygens (including phenoxy) is 1. The lowest BCUT2D eigenvalue weighted by Crippen LogP contribution is -2.37. The van der Waals surface area contributed by atoms with Crippen molar-refractivity contribution in [1.82, 2.24) is 9.88 Å². The number of fused-ring (bicyclic) bond motifs is 5. The monoisotopic (exact) mass is 282 g/mol. The summed E-state index contributed by atoms with van der Waals surface area (Å²) in [7, 11) is 1.75. The van der Waals surface area contributed by atoms with Crippen LogP contribution in [0.3, 0.4) is 0 Å². The smallest absolute Gasteiger partial charge is 0.119 e. The number of methoxy groups -OCH3 is 1. The molecule has 1 aromatic carbocycles. The van der Waals surface area contributed by atoms with E-state index in [2.05, 4.69) is 35.0 Å². The van der Waals surface area contributed by atoms with Gasteiger partial charge in [-0.25, -0.2) is 0 Å². The molecule has 0 amide bonds. The van der Waals surface area contributed by atoms with E-state index in [1.807, 2.05) is 0 Å². The number of aromatic nitrogens is 1. The summed E-state index contributed by atoms with van der Waals surface area (Å²) in [5, 5.41) is 1.38. The molecular weight excluding hydrogens is 260 g/mol. The minimum Gasteiger partial charge on any atom is -0.497 e. The van der Waals surface area contributed by atoms with Crippen LogP contribution >= 0.6 is 0 Å². The van der Waals surface area contributed by atoms with E-state index in [4.69, 9.17) is 4.74 Å². The summed E-state index contributed by atoms with van der Waals surface area (Å²) in [4.78, 5) is 6.51. The standard InChI is InChI=1S/C18H22N2O/c1-10-11-7-15-17-13(5-6-20(9-11)18(10)15)14-8-12(21-2)3-4-16(14)19-17/h3-4,8,10-11,15,18-19H,5-7,9H2,1-2H3/t10?,11-,15+,18+/m1/s1. The summed E-state index contributed by atoms with van der Waals surface area (Å²) in [5.74, 6) is 3.46. The van der Waals surface area contributed by atoms with Crippen molar-refractivity contribution in [2.45, 2.75) is 31.7 Å². The fraction of sp³-hybridized carbons (Fsp3) is 0.556. The van der Waals surface area contributed by atoms with Crippen LogP contribution in [0.4, 0.5) is 0 Å². The molecule has 2 aromatic rings. The number of hydrogen-bond donors (Lipinski definition) is 1. The first-order valence-electron chi connectivity index (χ1n) is 8.19. The Bertz CT molecular complexity index is 719. The Morgan fingerprint density at radius 1 is 1.33 bits per heavy atom. The first-order valence-corrected chi connectivity index (χ1v) is 8.19. The van der Waals surface area contributed by atoms with Gasteiger partial charge in [0.2, 0.25) is 0 Å². The number of benzene rings is 1. The SMILES string of the molecule is COc1ccc2[nH]c3c(c2c1)CCN1C[C@H]2C[C@@H]3[C@@H]1C2C. The predicted molar refractivity (Wildman–Crippen MR) is 83.9 cm³/mol. The van der Waals surface area contributed by atoms with Crippen LogP contribution in [-0.4, -0.2) is 36.1 Å². The third-order valence-electron chi connectivity index (χ3n) is 6.31. The number of piperidine rings is 1. The van der Waals surface area contributed by atoms with Crippen LogP contribution in [-0.2, 0) is 6.42 Å². The van der Waals surface area contributed by atoms with E-state index in [0.717, 1.165) is 29.5 Å². The Morgan fingerprint density at radius 2 is 2.24 bits per heavy atom. The minimum atomic E-state index is 0.717. The predicted octanol–water partition coefficient (Wildman–Crippen LogP) is 3.16. The molecule has 3 nitrogen and oxygen atoms in total. The zero-order chi connectivity index (χ0) is 14.1. The van der Waals surface area contributed by atoms with Crippen LogP contribution in [0.1, 0.15) is 30.5 Å². The first kappa shape index (κ1) is 12.1. The van der Waals surface area contributed by atoms with Crippen molar-refractivity contribution >= 4 is 10.9 Å². The third kappa shape index (κ3) is 1.48. The maximum atomic E-state index is 5.42. The van der Waals surface area contributed by atoms with E-state index >= 15 is 0 Å². The van der Waals surface area contributed by atoms with E-state index < -0.39 is 0 Å². The fourth-order valence-electron chi connectivity index (χ4n) is 5.32. The lowest BCUT2D eigenvalue weighted by Gasteiger charge is -2.30. The molecule has 21 heavy (non-hydrogen) atoms. The zero-order valence-corrected chi connectivity index (χ0v) is 12.7. The summed E-state index contributed by atoms with van der Waals surface area (Å²) in [6, 6.07) is 7.22. The maximum absolute atomic E-state index is 5.42. The van der Waals surface area contributed by atoms with Gasteiger partial charge in [-0.1, -0.05) is 6.92 Å². The van der Waals surface area contributed by atoms with Crippen molar-refractivity contribution in [1.29, 1.82) is 0 Å². The van der Waals surface area contributed by atoms with E-state index in [1.54, 1.807) is 12.7 Å². The molecule has 1 saturated heterocycles. The topological polar surface area (TPSA) is 28.3 Å². The summed E-state index contributed by atoms with van der Waals surface area (Å²) in [6.07, 6.45) is 2.55. The van der Waals surface area contributed by atoms with Gasteiger partial charge in [0.15, 0.2) is 0 Å². The molecule has 3 heterocycles. The molecule has 2 aliphatic heterocycles. The second kappa shape index (κ2) is 4.04. The van der Waals surface area contributed by atoms with Crippen molar-refractivity contribution in [3.63, 3.8) is 0 Å². The molecule has 4 atom stereocenters. The molecule has 110 valence electrons. The lowest BCUT2D eigenvalue weighted by atomic mass is 9.93. The van der Waals surface area contributed by atoms with E-state index in [1.165, 1.54) is 42.5 Å². The van der Waals surface area contributed by atoms with Crippen LogP contribution < -0.4 is 4.74 Å². The number of hydrogen-bond acceptors (Lipinski definition) is 2. The van der Waals surface area contributed by atoms with Crippen molar-refractivity contribution < 1.29 is 4.74 Å². The zero-order valence-electron chi connectivity index (χ0n) is 12.7. The molecule has 1 N–H and O–H groups in total. The molecule has 5 rings (SSSR count). The molecule has 1 unspecified atom stereocenters. The average Bonchev–Trinajstić information content (AvgIpc) is 3.10. The quantitative estimate of drug-likeness (QED) is 0.870. The molecule has 2 fully saturated rings. The van der Waals surface area contributed by atoms with Crippen LogP contribution in [0.5, 0.6) is 5.75 Å². The largest absolute Gasteiger partial charge is 0.497 e. The van der Waals surface area contributed by atoms with E-state index in [-0.39, 0.29) is 0 Å². The van der Waals surface area contributed by atoms with E-state index in [9.17, 15) is 0 Å². The van der Waals surface area contributed by atoms with Crippen molar-refractivity contribution in [3.05, 3.63) is 29.5 Å². The van der Waals surface area contributed by atoms with E-state index in [0.29, 0.717) is 0 Å². The Kier molecular flexibility index (Phi) is 2.33. The first-order chi connectivity index (χ1) is 10.3. The number of rotatable bonds is 1. The lowest BCUT2D eigenvalue weighted by molar-refractivity contribution is 0.195. The summed E-state index contributed by atoms with van der Waals surface area (Å²) in [5.41, 5.74) is 4.36. The van der Waals surface area contributed by atoms with Crippen molar-refractivity contribution in [2.24, 2.45) is 11.8 Å². The molecule has 1 saturated carbocycles. The van der Waals surface area contributed by atoms with Crippen molar-refractivity contribution in [2.75, 3.05) is 20.2 Å². The Balaban J connectivity index is 1.70. The number of H-pyrrole nitrogens is 1. The summed E-state index contributed by atoms with van der Waals surface area (Å²) < 4.78 is 5.42. The Morgan fingerprint density at radius 3 is 3.05 bits per heavy atom. The highest BCUT2D eigenvalue weighted by molar-refractivity contribution is 5.86. The van der Waals surface area contributed by atoms with Gasteiger partial charge in [-0.3, -0.25) is 4.90 Å². The maximum Gasteiger partial charge on any atom is 0.119 e. The van der Waals surface area contributed by atoms with Gasteiger partial charge in [0.05, 0.1) is 7.11 Å². The van der Waals surface area contributed by atoms with Crippen LogP contribution in [0.15, 0.2) is 18.2 Å². The second-order valence-electron chi connectivity index (χ2n) is 7.13. The van der Waals surface area contributed by atoms with Crippen LogP contribution in [0.25, 0.3) is 10.9 Å². The number of nitrogens with one attached hydrogen (secondary N) is 1. The Hall–Kier alpha value is -1.48. The second-order valence-corrected chi connectivity index (χ2v) is 7.13. The van der Waals surface area contributed by atoms with Crippen LogP contribution in [0, 0.1) is 11.8 Å². The molecule has 2 bridgehead atoms. The normalized spacial score (nSPS) is 34.2. The molecule has 3 aliphatic rings. The van der Waals surface area contributed by atoms with Gasteiger partial charge < -0.3 is 9.72 Å². The third-order valence-corrected chi connectivity index (χ3v) is 6.31. The molecule has 0 radical (unpaired) electrons. The van der Waals surface area contributed by atoms with Gasteiger partial charge in [-0.05, 0) is 48.4 Å². The molecule has 0 spiro atoms. The van der Waals surface area contributed by atoms with Crippen LogP contribution in [0.2, 0.25) is 0 Å². The van der Waals surface area contributed by atoms with Gasteiger partial charge in [-0.2, -0.15) is 0 Å². The highest BCUT2D eigenvalue weighted by Crippen LogP contribution is 2.53. The average molecular weight is 282 g/mol. The van der Waals surface area contributed by atoms with Gasteiger partial charge in [0.25, 0.3) is 0 Å². The number of nitrogens with zero attached hydrogens (tertiary/aromatic N) is 1. The summed E-state index contributed by atoms with van der Waals surface area (Å²) in [6.45, 7) is 5.01. The molecule has 1 aliphatic carbocycles. The highest BCUT2D eigenvalue weighted by atomic mass is 16.5. The van der Waals surface area contributed by atoms with Gasteiger partial charge in [-0.15, -0.1) is 0 Å². The highest BCUT2D eigenvalue weighted by Gasteiger charge is 2.52. The minimum absolute atomic E-state index is 0.717. The molecule has 1 aromatic heterocycles.